The third-order valence-corrected chi connectivity index (χ3v) is 4.34. The molecule has 1 aromatic carbocycles. The molecule has 1 fully saturated rings. The Balaban J connectivity index is 1.46. The summed E-state index contributed by atoms with van der Waals surface area (Å²) in [6.07, 6.45) is 5.38. The number of rotatable bonds is 5. The predicted octanol–water partition coefficient (Wildman–Crippen LogP) is 2.03. The molecule has 1 aromatic heterocycles. The van der Waals surface area contributed by atoms with Crippen LogP contribution in [0.1, 0.15) is 23.2 Å². The van der Waals surface area contributed by atoms with Crippen molar-refractivity contribution < 1.29 is 9.72 Å². The second-order valence-electron chi connectivity index (χ2n) is 5.99. The van der Waals surface area contributed by atoms with Crippen molar-refractivity contribution in [3.05, 3.63) is 58.4 Å². The highest BCUT2D eigenvalue weighted by atomic mass is 16.6. The van der Waals surface area contributed by atoms with Crippen molar-refractivity contribution in [3.63, 3.8) is 0 Å². The van der Waals surface area contributed by atoms with Gasteiger partial charge in [0.25, 0.3) is 11.6 Å². The summed E-state index contributed by atoms with van der Waals surface area (Å²) >= 11 is 0. The van der Waals surface area contributed by atoms with Crippen molar-refractivity contribution >= 4 is 17.5 Å². The van der Waals surface area contributed by atoms with Gasteiger partial charge in [0.15, 0.2) is 0 Å². The van der Waals surface area contributed by atoms with E-state index < -0.39 is 4.92 Å². The first kappa shape index (κ1) is 16.8. The van der Waals surface area contributed by atoms with Gasteiger partial charge in [0, 0.05) is 49.7 Å². The Labute approximate surface area is 145 Å². The summed E-state index contributed by atoms with van der Waals surface area (Å²) in [4.78, 5) is 33.0. The lowest BCUT2D eigenvalue weighted by atomic mass is 9.97. The number of carbonyl (C=O) groups is 1. The number of non-ortho nitro benzene ring substituents is 1. The highest BCUT2D eigenvalue weighted by Gasteiger charge is 2.21. The first-order valence-electron chi connectivity index (χ1n) is 8.18. The number of aromatic nitrogens is 2. The van der Waals surface area contributed by atoms with E-state index in [1.165, 1.54) is 24.3 Å². The molecule has 0 unspecified atom stereocenters. The van der Waals surface area contributed by atoms with Crippen molar-refractivity contribution in [1.29, 1.82) is 0 Å². The van der Waals surface area contributed by atoms with Crippen molar-refractivity contribution in [1.82, 2.24) is 15.3 Å². The van der Waals surface area contributed by atoms with Crippen LogP contribution in [0.15, 0.2) is 42.7 Å². The molecular weight excluding hydrogens is 322 g/mol. The fraction of sp³-hybridized carbons (Fsp3) is 0.353. The number of hydrogen-bond acceptors (Lipinski definition) is 6. The molecule has 25 heavy (non-hydrogen) atoms. The van der Waals surface area contributed by atoms with Gasteiger partial charge in [-0.2, -0.15) is 0 Å². The van der Waals surface area contributed by atoms with Crippen LogP contribution in [0.2, 0.25) is 0 Å². The molecule has 0 spiro atoms. The summed E-state index contributed by atoms with van der Waals surface area (Å²) in [6, 6.07) is 7.43. The van der Waals surface area contributed by atoms with Crippen LogP contribution in [0.25, 0.3) is 0 Å². The summed E-state index contributed by atoms with van der Waals surface area (Å²) in [5.41, 5.74) is 0.410. The monoisotopic (exact) mass is 341 g/mol. The topological polar surface area (TPSA) is 101 Å². The molecule has 0 aliphatic carbocycles. The number of hydrogen-bond donors (Lipinski definition) is 1. The van der Waals surface area contributed by atoms with Gasteiger partial charge in [0.05, 0.1) is 4.92 Å². The number of nitrogens with zero attached hydrogens (tertiary/aromatic N) is 4. The van der Waals surface area contributed by atoms with E-state index in [9.17, 15) is 14.9 Å². The van der Waals surface area contributed by atoms with E-state index in [0.29, 0.717) is 18.0 Å². The minimum atomic E-state index is -0.480. The highest BCUT2D eigenvalue weighted by Crippen LogP contribution is 2.20. The lowest BCUT2D eigenvalue weighted by Gasteiger charge is -2.31. The molecule has 2 aromatic rings. The van der Waals surface area contributed by atoms with Gasteiger partial charge in [-0.15, -0.1) is 0 Å². The SMILES string of the molecule is O=C(NCC1CCN(c2ncccn2)CC1)c1ccc([N+](=O)[O-])cc1. The zero-order valence-electron chi connectivity index (χ0n) is 13.7. The largest absolute Gasteiger partial charge is 0.352 e. The van der Waals surface area contributed by atoms with Crippen LogP contribution >= 0.6 is 0 Å². The molecule has 0 atom stereocenters. The molecule has 2 heterocycles. The van der Waals surface area contributed by atoms with Gasteiger partial charge in [0.2, 0.25) is 5.95 Å². The molecule has 3 rings (SSSR count). The summed E-state index contributed by atoms with van der Waals surface area (Å²) in [5.74, 6) is 0.946. The Morgan fingerprint density at radius 3 is 2.44 bits per heavy atom. The number of carbonyl (C=O) groups excluding carboxylic acids is 1. The molecule has 1 aliphatic heterocycles. The maximum Gasteiger partial charge on any atom is 0.269 e. The number of nitro groups is 1. The number of nitrogens with one attached hydrogen (secondary N) is 1. The Bertz CT molecular complexity index is 728. The lowest BCUT2D eigenvalue weighted by Crippen LogP contribution is -2.39. The predicted molar refractivity (Wildman–Crippen MR) is 92.4 cm³/mol. The van der Waals surface area contributed by atoms with E-state index >= 15 is 0 Å². The standard InChI is InChI=1S/C17H19N5O3/c23-16(14-2-4-15(5-3-14)22(24)25)20-12-13-6-10-21(11-7-13)17-18-8-1-9-19-17/h1-5,8-9,13H,6-7,10-12H2,(H,20,23). The van der Waals surface area contributed by atoms with E-state index in [-0.39, 0.29) is 11.6 Å². The van der Waals surface area contributed by atoms with Crippen molar-refractivity contribution in [2.24, 2.45) is 5.92 Å². The maximum absolute atomic E-state index is 12.1. The number of piperidine rings is 1. The highest BCUT2D eigenvalue weighted by molar-refractivity contribution is 5.94. The first-order chi connectivity index (χ1) is 12.1. The smallest absolute Gasteiger partial charge is 0.269 e. The average molecular weight is 341 g/mol. The zero-order chi connectivity index (χ0) is 17.6. The minimum absolute atomic E-state index is 0.0212. The molecule has 8 nitrogen and oxygen atoms in total. The number of amides is 1. The molecule has 1 saturated heterocycles. The zero-order valence-corrected chi connectivity index (χ0v) is 13.7. The van der Waals surface area contributed by atoms with Gasteiger partial charge in [-0.1, -0.05) is 0 Å². The average Bonchev–Trinajstić information content (AvgIpc) is 2.67. The lowest BCUT2D eigenvalue weighted by molar-refractivity contribution is -0.384. The molecule has 8 heteroatoms. The summed E-state index contributed by atoms with van der Waals surface area (Å²) in [7, 11) is 0. The Morgan fingerprint density at radius 1 is 1.20 bits per heavy atom. The van der Waals surface area contributed by atoms with Gasteiger partial charge >= 0.3 is 0 Å². The Morgan fingerprint density at radius 2 is 1.84 bits per heavy atom. The first-order valence-corrected chi connectivity index (χ1v) is 8.18. The molecule has 1 aliphatic rings. The van der Waals surface area contributed by atoms with E-state index in [2.05, 4.69) is 20.2 Å². The van der Waals surface area contributed by atoms with E-state index in [1.54, 1.807) is 18.5 Å². The van der Waals surface area contributed by atoms with Crippen LogP contribution in [0, 0.1) is 16.0 Å². The fourth-order valence-electron chi connectivity index (χ4n) is 2.87. The van der Waals surface area contributed by atoms with Crippen molar-refractivity contribution in [2.75, 3.05) is 24.5 Å². The van der Waals surface area contributed by atoms with Gasteiger partial charge < -0.3 is 10.2 Å². The van der Waals surface area contributed by atoms with Crippen molar-refractivity contribution in [3.8, 4) is 0 Å². The van der Waals surface area contributed by atoms with Gasteiger partial charge in [-0.25, -0.2) is 9.97 Å². The summed E-state index contributed by atoms with van der Waals surface area (Å²) in [5, 5.41) is 13.5. The van der Waals surface area contributed by atoms with Crippen molar-refractivity contribution in [2.45, 2.75) is 12.8 Å². The maximum atomic E-state index is 12.1. The number of nitro benzene ring substituents is 1. The minimum Gasteiger partial charge on any atom is -0.352 e. The summed E-state index contributed by atoms with van der Waals surface area (Å²) < 4.78 is 0. The van der Waals surface area contributed by atoms with Crippen LogP contribution < -0.4 is 10.2 Å². The van der Waals surface area contributed by atoms with Crippen LogP contribution in [0.5, 0.6) is 0 Å². The molecule has 1 amide bonds. The van der Waals surface area contributed by atoms with Crippen LogP contribution in [-0.4, -0.2) is 40.4 Å². The quantitative estimate of drug-likeness (QED) is 0.659. The van der Waals surface area contributed by atoms with Crippen LogP contribution in [-0.2, 0) is 0 Å². The van der Waals surface area contributed by atoms with Gasteiger partial charge in [0.1, 0.15) is 0 Å². The molecule has 130 valence electrons. The van der Waals surface area contributed by atoms with Gasteiger partial charge in [-0.05, 0) is 37.0 Å². The molecule has 1 N–H and O–H groups in total. The van der Waals surface area contributed by atoms with Gasteiger partial charge in [-0.3, -0.25) is 14.9 Å². The van der Waals surface area contributed by atoms with E-state index in [0.717, 1.165) is 31.9 Å². The number of anilines is 1. The van der Waals surface area contributed by atoms with E-state index in [4.69, 9.17) is 0 Å². The van der Waals surface area contributed by atoms with Crippen LogP contribution in [0.4, 0.5) is 11.6 Å². The second kappa shape index (κ2) is 7.69. The molecular formula is C17H19N5O3. The molecule has 0 radical (unpaired) electrons. The second-order valence-corrected chi connectivity index (χ2v) is 5.99. The fourth-order valence-corrected chi connectivity index (χ4v) is 2.87. The Hall–Kier alpha value is -3.03. The van der Waals surface area contributed by atoms with E-state index in [1.807, 2.05) is 0 Å². The third kappa shape index (κ3) is 4.28. The normalized spacial score (nSPS) is 15.0. The molecule has 0 bridgehead atoms. The third-order valence-electron chi connectivity index (χ3n) is 4.34. The molecule has 0 saturated carbocycles. The summed E-state index contributed by atoms with van der Waals surface area (Å²) in [6.45, 7) is 2.32. The Kier molecular flexibility index (Phi) is 5.17. The number of benzene rings is 1. The van der Waals surface area contributed by atoms with Crippen LogP contribution in [0.3, 0.4) is 0 Å².